The summed E-state index contributed by atoms with van der Waals surface area (Å²) in [7, 11) is 0. The fourth-order valence-electron chi connectivity index (χ4n) is 0.548. The Morgan fingerprint density at radius 3 is 1.88 bits per heavy atom. The van der Waals surface area contributed by atoms with Gasteiger partial charge >= 0.3 is 29.6 Å². The van der Waals surface area contributed by atoms with Crippen LogP contribution in [0.3, 0.4) is 0 Å². The second-order valence-electron chi connectivity index (χ2n) is 2.41. The predicted octanol–water partition coefficient (Wildman–Crippen LogP) is -2.74. The maximum atomic E-state index is 10.3. The van der Waals surface area contributed by atoms with Crippen LogP contribution in [-0.2, 0) is 4.79 Å². The summed E-state index contributed by atoms with van der Waals surface area (Å²) in [5.41, 5.74) is 4.34. The van der Waals surface area contributed by atoms with Crippen LogP contribution in [0.5, 0.6) is 0 Å². The minimum Gasteiger partial charge on any atom is -1.00 e. The smallest absolute Gasteiger partial charge is 1.00 e. The quantitative estimate of drug-likeness (QED) is 0.219. The van der Waals surface area contributed by atoms with Gasteiger partial charge in [-0.1, -0.05) is 25.3 Å². The van der Waals surface area contributed by atoms with Crippen molar-refractivity contribution in [1.82, 2.24) is 10.6 Å². The van der Waals surface area contributed by atoms with Crippen molar-refractivity contribution in [2.24, 2.45) is 5.73 Å². The zero-order valence-corrected chi connectivity index (χ0v) is 13.1. The molecule has 0 fully saturated rings. The molecule has 90 valence electrons. The molecule has 0 rings (SSSR count). The Balaban J connectivity index is -0.000000123. The van der Waals surface area contributed by atoms with Crippen LogP contribution in [0.1, 0.15) is 14.8 Å². The van der Waals surface area contributed by atoms with Crippen LogP contribution in [0.25, 0.3) is 0 Å². The normalized spacial score (nSPS) is 7.69. The van der Waals surface area contributed by atoms with E-state index >= 15 is 0 Å². The Hall–Kier alpha value is 0.110. The van der Waals surface area contributed by atoms with Crippen LogP contribution in [0.4, 0.5) is 9.59 Å². The molecule has 0 aliphatic rings. The molecule has 0 aliphatic carbocycles. The van der Waals surface area contributed by atoms with Gasteiger partial charge in [-0.15, -0.1) is 0 Å². The molecule has 0 radical (unpaired) electrons. The molecule has 0 unspecified atom stereocenters. The summed E-state index contributed by atoms with van der Waals surface area (Å²) in [5.74, 6) is -0.0535. The van der Waals surface area contributed by atoms with Gasteiger partial charge in [0.1, 0.15) is 0 Å². The van der Waals surface area contributed by atoms with E-state index in [1.165, 1.54) is 6.92 Å². The zero-order valence-electron chi connectivity index (χ0n) is 10.3. The third kappa shape index (κ3) is 36.9. The van der Waals surface area contributed by atoms with Crippen LogP contribution in [0.2, 0.25) is 0 Å². The third-order valence-electron chi connectivity index (χ3n) is 1.00. The SMILES string of the molecule is CC(=O)NCCCNC(=O)S.NC(=O)S.[H-].[Na+]. The summed E-state index contributed by atoms with van der Waals surface area (Å²) in [5, 5.41) is 4.12. The number of rotatable bonds is 4. The molecule has 0 heterocycles. The number of amides is 3. The summed E-state index contributed by atoms with van der Waals surface area (Å²) in [6, 6.07) is 0. The van der Waals surface area contributed by atoms with E-state index in [-0.39, 0.29) is 42.1 Å². The first kappa shape index (κ1) is 21.4. The Bertz CT molecular complexity index is 214. The van der Waals surface area contributed by atoms with E-state index in [0.29, 0.717) is 13.1 Å². The van der Waals surface area contributed by atoms with Crippen molar-refractivity contribution in [3.05, 3.63) is 0 Å². The maximum absolute atomic E-state index is 10.3. The molecule has 3 amide bonds. The van der Waals surface area contributed by atoms with Crippen molar-refractivity contribution in [3.63, 3.8) is 0 Å². The molecule has 0 saturated heterocycles. The minimum absolute atomic E-state index is 0. The number of carbonyl (C=O) groups excluding carboxylic acids is 3. The van der Waals surface area contributed by atoms with Crippen LogP contribution in [0.15, 0.2) is 0 Å². The Kier molecular flexibility index (Phi) is 20.2. The molecular weight excluding hydrogens is 261 g/mol. The summed E-state index contributed by atoms with van der Waals surface area (Å²) in [6.45, 7) is 2.59. The number of hydrogen-bond acceptors (Lipinski definition) is 3. The molecule has 9 heteroatoms. The van der Waals surface area contributed by atoms with Crippen LogP contribution >= 0.6 is 25.3 Å². The van der Waals surface area contributed by atoms with Crippen molar-refractivity contribution in [2.45, 2.75) is 13.3 Å². The van der Waals surface area contributed by atoms with Crippen molar-refractivity contribution < 1.29 is 45.4 Å². The molecule has 4 N–H and O–H groups in total. The Labute approximate surface area is 129 Å². The molecule has 0 aliphatic heterocycles. The summed E-state index contributed by atoms with van der Waals surface area (Å²) >= 11 is 6.61. The van der Waals surface area contributed by atoms with Gasteiger partial charge in [0.2, 0.25) is 5.91 Å². The van der Waals surface area contributed by atoms with Crippen LogP contribution in [0, 0.1) is 0 Å². The first-order chi connectivity index (χ1) is 6.86. The number of primary amides is 1. The number of hydrogen-bond donors (Lipinski definition) is 5. The minimum atomic E-state index is -0.639. The van der Waals surface area contributed by atoms with Gasteiger partial charge in [0, 0.05) is 20.0 Å². The largest absolute Gasteiger partial charge is 1.00 e. The Morgan fingerprint density at radius 1 is 1.19 bits per heavy atom. The molecule has 0 aromatic carbocycles. The van der Waals surface area contributed by atoms with Gasteiger partial charge in [0.15, 0.2) is 0 Å². The van der Waals surface area contributed by atoms with Crippen LogP contribution in [-0.4, -0.2) is 29.5 Å². The van der Waals surface area contributed by atoms with Gasteiger partial charge in [-0.3, -0.25) is 14.4 Å². The number of carbonyl (C=O) groups is 3. The molecule has 0 spiro atoms. The van der Waals surface area contributed by atoms with E-state index in [1.54, 1.807) is 0 Å². The van der Waals surface area contributed by atoms with Crippen LogP contribution < -0.4 is 45.9 Å². The van der Waals surface area contributed by atoms with E-state index in [2.05, 4.69) is 41.6 Å². The van der Waals surface area contributed by atoms with Crippen molar-refractivity contribution in [2.75, 3.05) is 13.1 Å². The molecular formula is C7H16N3NaO3S2. The van der Waals surface area contributed by atoms with Gasteiger partial charge in [0.25, 0.3) is 10.5 Å². The molecule has 6 nitrogen and oxygen atoms in total. The van der Waals surface area contributed by atoms with Gasteiger partial charge < -0.3 is 17.8 Å². The van der Waals surface area contributed by atoms with Gasteiger partial charge in [0.05, 0.1) is 0 Å². The zero-order chi connectivity index (χ0) is 12.3. The van der Waals surface area contributed by atoms with Crippen molar-refractivity contribution in [3.8, 4) is 0 Å². The summed E-state index contributed by atoms with van der Waals surface area (Å²) in [4.78, 5) is 29.6. The summed E-state index contributed by atoms with van der Waals surface area (Å²) < 4.78 is 0. The predicted molar refractivity (Wildman–Crippen MR) is 65.4 cm³/mol. The fraction of sp³-hybridized carbons (Fsp3) is 0.571. The van der Waals surface area contributed by atoms with Gasteiger partial charge in [-0.25, -0.2) is 0 Å². The third-order valence-corrected chi connectivity index (χ3v) is 1.16. The molecule has 0 aromatic rings. The second kappa shape index (κ2) is 15.1. The van der Waals surface area contributed by atoms with Gasteiger partial charge in [-0.05, 0) is 6.42 Å². The van der Waals surface area contributed by atoms with E-state index in [9.17, 15) is 9.59 Å². The molecule has 0 bridgehead atoms. The molecule has 0 aromatic heterocycles. The number of nitrogens with two attached hydrogens (primary N) is 1. The Morgan fingerprint density at radius 2 is 1.56 bits per heavy atom. The fourth-order valence-corrected chi connectivity index (χ4v) is 0.660. The van der Waals surface area contributed by atoms with E-state index in [0.717, 1.165) is 6.42 Å². The van der Waals surface area contributed by atoms with E-state index in [1.807, 2.05) is 0 Å². The van der Waals surface area contributed by atoms with Crippen molar-refractivity contribution >= 4 is 41.6 Å². The first-order valence-corrected chi connectivity index (χ1v) is 4.95. The van der Waals surface area contributed by atoms with E-state index < -0.39 is 5.24 Å². The maximum Gasteiger partial charge on any atom is 1.00 e. The second-order valence-corrected chi connectivity index (χ2v) is 3.25. The standard InChI is InChI=1S/C6H12N2O2S.CH3NOS.Na.H/c1-5(9)7-3-2-4-8-6(10)11;2-1(3)4;;/h2-4H2,1H3,(H,7,9)(H2,8,10,11);(H3,2,3,4);;/q;;+1;-1. The first-order valence-electron chi connectivity index (χ1n) is 4.06. The van der Waals surface area contributed by atoms with E-state index in [4.69, 9.17) is 4.79 Å². The topological polar surface area (TPSA) is 101 Å². The van der Waals surface area contributed by atoms with Crippen molar-refractivity contribution in [1.29, 1.82) is 0 Å². The molecule has 16 heavy (non-hydrogen) atoms. The summed E-state index contributed by atoms with van der Waals surface area (Å²) in [6.07, 6.45) is 0.728. The molecule has 0 atom stereocenters. The average molecular weight is 277 g/mol. The molecule has 0 saturated carbocycles. The number of thiol groups is 2. The number of nitrogens with one attached hydrogen (secondary N) is 2. The van der Waals surface area contributed by atoms with Gasteiger partial charge in [-0.2, -0.15) is 0 Å². The monoisotopic (exact) mass is 277 g/mol. The average Bonchev–Trinajstić information content (AvgIpc) is 2.01.